The van der Waals surface area contributed by atoms with Gasteiger partial charge in [-0.25, -0.2) is 0 Å². The van der Waals surface area contributed by atoms with Crippen molar-refractivity contribution in [2.24, 2.45) is 0 Å². The third-order valence-electron chi connectivity index (χ3n) is 4.11. The minimum absolute atomic E-state index is 0.376. The van der Waals surface area contributed by atoms with E-state index in [0.717, 1.165) is 22.3 Å². The molecule has 0 atom stereocenters. The van der Waals surface area contributed by atoms with E-state index in [1.54, 1.807) is 12.3 Å². The van der Waals surface area contributed by atoms with Crippen molar-refractivity contribution in [2.45, 2.75) is 13.8 Å². The van der Waals surface area contributed by atoms with Crippen molar-refractivity contribution < 1.29 is 13.2 Å². The lowest BCUT2D eigenvalue weighted by atomic mass is 9.98. The quantitative estimate of drug-likeness (QED) is 0.922. The lowest BCUT2D eigenvalue weighted by molar-refractivity contribution is 0.0733. The van der Waals surface area contributed by atoms with Gasteiger partial charge < -0.3 is 4.74 Å². The number of nitrogens with one attached hydrogen (secondary N) is 1. The number of rotatable bonds is 4. The summed E-state index contributed by atoms with van der Waals surface area (Å²) in [6.07, 6.45) is 3.59. The molecule has 7 heteroatoms. The minimum Gasteiger partial charge on any atom is -0.379 e. The fourth-order valence-electron chi connectivity index (χ4n) is 2.78. The average molecular weight is 347 g/mol. The molecule has 6 nitrogen and oxygen atoms in total. The highest BCUT2D eigenvalue weighted by molar-refractivity contribution is 7.90. The minimum atomic E-state index is -3.55. The molecule has 2 aromatic rings. The molecule has 3 rings (SSSR count). The van der Waals surface area contributed by atoms with Crippen LogP contribution in [0.5, 0.6) is 0 Å². The van der Waals surface area contributed by atoms with Crippen LogP contribution in [0.2, 0.25) is 0 Å². The summed E-state index contributed by atoms with van der Waals surface area (Å²) in [7, 11) is -3.55. The van der Waals surface area contributed by atoms with Gasteiger partial charge in [-0.05, 0) is 48.7 Å². The van der Waals surface area contributed by atoms with Crippen molar-refractivity contribution in [2.75, 3.05) is 31.0 Å². The van der Waals surface area contributed by atoms with Gasteiger partial charge in [0.05, 0.1) is 18.9 Å². The Balaban J connectivity index is 1.84. The van der Waals surface area contributed by atoms with Crippen LogP contribution in [0.15, 0.2) is 36.7 Å². The van der Waals surface area contributed by atoms with Gasteiger partial charge >= 0.3 is 10.2 Å². The Kier molecular flexibility index (Phi) is 4.84. The van der Waals surface area contributed by atoms with E-state index in [9.17, 15) is 8.42 Å². The molecule has 128 valence electrons. The summed E-state index contributed by atoms with van der Waals surface area (Å²) in [5, 5.41) is 0. The molecule has 0 amide bonds. The first-order valence-electron chi connectivity index (χ1n) is 7.84. The maximum absolute atomic E-state index is 12.4. The van der Waals surface area contributed by atoms with Crippen LogP contribution in [0.4, 0.5) is 5.69 Å². The highest BCUT2D eigenvalue weighted by Crippen LogP contribution is 2.28. The van der Waals surface area contributed by atoms with Crippen molar-refractivity contribution in [1.82, 2.24) is 9.29 Å². The summed E-state index contributed by atoms with van der Waals surface area (Å²) >= 11 is 0. The third kappa shape index (κ3) is 3.58. The standard InChI is InChI=1S/C17H21N3O3S/c1-13-5-6-18-12-17(13)16-4-3-15(11-14(16)2)19-24(21,22)20-7-9-23-10-8-20/h3-6,11-12,19H,7-10H2,1-2H3. The molecule has 1 saturated heterocycles. The van der Waals surface area contributed by atoms with Gasteiger partial charge in [0.1, 0.15) is 0 Å². The van der Waals surface area contributed by atoms with Crippen LogP contribution < -0.4 is 4.72 Å². The molecule has 24 heavy (non-hydrogen) atoms. The molecule has 0 bridgehead atoms. The molecule has 1 aromatic heterocycles. The number of ether oxygens (including phenoxy) is 1. The third-order valence-corrected chi connectivity index (χ3v) is 5.65. The SMILES string of the molecule is Cc1cc(NS(=O)(=O)N2CCOCC2)ccc1-c1cnccc1C. The Bertz CT molecular complexity index is 831. The summed E-state index contributed by atoms with van der Waals surface area (Å²) in [5.74, 6) is 0. The number of benzene rings is 1. The van der Waals surface area contributed by atoms with E-state index < -0.39 is 10.2 Å². The average Bonchev–Trinajstić information content (AvgIpc) is 2.56. The molecule has 0 radical (unpaired) electrons. The second-order valence-corrected chi connectivity index (χ2v) is 7.51. The van der Waals surface area contributed by atoms with E-state index in [0.29, 0.717) is 32.0 Å². The molecular weight excluding hydrogens is 326 g/mol. The fourth-order valence-corrected chi connectivity index (χ4v) is 3.96. The Morgan fingerprint density at radius 3 is 2.50 bits per heavy atom. The Hall–Kier alpha value is -1.96. The van der Waals surface area contributed by atoms with Crippen molar-refractivity contribution in [3.05, 3.63) is 47.8 Å². The van der Waals surface area contributed by atoms with E-state index in [2.05, 4.69) is 9.71 Å². The predicted octanol–water partition coefficient (Wildman–Crippen LogP) is 2.35. The predicted molar refractivity (Wildman–Crippen MR) is 94.1 cm³/mol. The van der Waals surface area contributed by atoms with Gasteiger partial charge in [-0.1, -0.05) is 6.07 Å². The molecule has 0 unspecified atom stereocenters. The van der Waals surface area contributed by atoms with Gasteiger partial charge in [-0.3, -0.25) is 9.71 Å². The van der Waals surface area contributed by atoms with Crippen LogP contribution in [-0.2, 0) is 14.9 Å². The summed E-state index contributed by atoms with van der Waals surface area (Å²) in [5.41, 5.74) is 4.79. The largest absolute Gasteiger partial charge is 0.379 e. The van der Waals surface area contributed by atoms with Crippen molar-refractivity contribution in [1.29, 1.82) is 0 Å². The van der Waals surface area contributed by atoms with Gasteiger partial charge in [-0.2, -0.15) is 12.7 Å². The second-order valence-electron chi connectivity index (χ2n) is 5.84. The Labute approximate surface area is 142 Å². The fraction of sp³-hybridized carbons (Fsp3) is 0.353. The number of pyridine rings is 1. The summed E-state index contributed by atoms with van der Waals surface area (Å²) in [6, 6.07) is 7.52. The molecule has 0 spiro atoms. The molecule has 0 aliphatic carbocycles. The van der Waals surface area contributed by atoms with E-state index in [-0.39, 0.29) is 0 Å². The molecule has 1 aromatic carbocycles. The first-order valence-corrected chi connectivity index (χ1v) is 9.29. The number of aryl methyl sites for hydroxylation is 2. The van der Waals surface area contributed by atoms with Crippen LogP contribution in [-0.4, -0.2) is 44.0 Å². The molecule has 1 aliphatic rings. The van der Waals surface area contributed by atoms with Crippen LogP contribution in [0.25, 0.3) is 11.1 Å². The lowest BCUT2D eigenvalue weighted by Crippen LogP contribution is -2.43. The number of aromatic nitrogens is 1. The highest BCUT2D eigenvalue weighted by atomic mass is 32.2. The molecule has 1 fully saturated rings. The highest BCUT2D eigenvalue weighted by Gasteiger charge is 2.24. The summed E-state index contributed by atoms with van der Waals surface area (Å²) < 4.78 is 34.1. The smallest absolute Gasteiger partial charge is 0.301 e. The number of morpholine rings is 1. The van der Waals surface area contributed by atoms with E-state index in [1.165, 1.54) is 4.31 Å². The number of hydrogen-bond donors (Lipinski definition) is 1. The van der Waals surface area contributed by atoms with E-state index >= 15 is 0 Å². The maximum Gasteiger partial charge on any atom is 0.301 e. The first-order chi connectivity index (χ1) is 11.5. The van der Waals surface area contributed by atoms with Gasteiger partial charge in [0, 0.05) is 31.0 Å². The van der Waals surface area contributed by atoms with Gasteiger partial charge in [0.25, 0.3) is 0 Å². The van der Waals surface area contributed by atoms with Gasteiger partial charge in [0.15, 0.2) is 0 Å². The zero-order valence-electron chi connectivity index (χ0n) is 13.8. The van der Waals surface area contributed by atoms with Crippen molar-refractivity contribution in [3.8, 4) is 11.1 Å². The molecule has 2 heterocycles. The van der Waals surface area contributed by atoms with Crippen LogP contribution in [0, 0.1) is 13.8 Å². The zero-order chi connectivity index (χ0) is 17.2. The Morgan fingerprint density at radius 2 is 1.83 bits per heavy atom. The molecule has 1 aliphatic heterocycles. The topological polar surface area (TPSA) is 71.5 Å². The van der Waals surface area contributed by atoms with Gasteiger partial charge in [0.2, 0.25) is 0 Å². The first kappa shape index (κ1) is 16.9. The lowest BCUT2D eigenvalue weighted by Gasteiger charge is -2.26. The number of hydrogen-bond acceptors (Lipinski definition) is 4. The Morgan fingerprint density at radius 1 is 1.08 bits per heavy atom. The number of nitrogens with zero attached hydrogens (tertiary/aromatic N) is 2. The van der Waals surface area contributed by atoms with Gasteiger partial charge in [-0.15, -0.1) is 0 Å². The van der Waals surface area contributed by atoms with Crippen LogP contribution >= 0.6 is 0 Å². The van der Waals surface area contributed by atoms with Crippen molar-refractivity contribution >= 4 is 15.9 Å². The van der Waals surface area contributed by atoms with E-state index in [1.807, 2.05) is 38.2 Å². The van der Waals surface area contributed by atoms with E-state index in [4.69, 9.17) is 4.74 Å². The zero-order valence-corrected chi connectivity index (χ0v) is 14.6. The molecule has 0 saturated carbocycles. The molecular formula is C17H21N3O3S. The summed E-state index contributed by atoms with van der Waals surface area (Å²) in [6.45, 7) is 5.61. The monoisotopic (exact) mass is 347 g/mol. The van der Waals surface area contributed by atoms with Crippen LogP contribution in [0.3, 0.4) is 0 Å². The van der Waals surface area contributed by atoms with Crippen LogP contribution in [0.1, 0.15) is 11.1 Å². The summed E-state index contributed by atoms with van der Waals surface area (Å²) in [4.78, 5) is 4.18. The normalized spacial score (nSPS) is 16.1. The second kappa shape index (κ2) is 6.88. The number of anilines is 1. The van der Waals surface area contributed by atoms with Crippen molar-refractivity contribution in [3.63, 3.8) is 0 Å². The molecule has 1 N–H and O–H groups in total. The maximum atomic E-state index is 12.4.